The highest BCUT2D eigenvalue weighted by atomic mass is 16.5. The zero-order chi connectivity index (χ0) is 11.3. The number of hydrogen-bond acceptors (Lipinski definition) is 5. The summed E-state index contributed by atoms with van der Waals surface area (Å²) >= 11 is 0. The van der Waals surface area contributed by atoms with Gasteiger partial charge in [0.15, 0.2) is 0 Å². The predicted molar refractivity (Wildman–Crippen MR) is 51.0 cm³/mol. The molecule has 0 aromatic rings. The van der Waals surface area contributed by atoms with Gasteiger partial charge in [-0.25, -0.2) is 9.59 Å². The maximum Gasteiger partial charge on any atom is 0.330 e. The van der Waals surface area contributed by atoms with Gasteiger partial charge in [-0.3, -0.25) is 0 Å². The van der Waals surface area contributed by atoms with Crippen molar-refractivity contribution in [3.8, 4) is 0 Å². The first kappa shape index (κ1) is 11.5. The molecule has 1 rings (SSSR count). The van der Waals surface area contributed by atoms with Crippen LogP contribution in [0.3, 0.4) is 0 Å². The van der Waals surface area contributed by atoms with Gasteiger partial charge in [0.25, 0.3) is 0 Å². The van der Waals surface area contributed by atoms with Gasteiger partial charge in [-0.15, -0.1) is 0 Å². The Hall–Kier alpha value is -1.62. The van der Waals surface area contributed by atoms with Crippen LogP contribution < -0.4 is 0 Å². The Morgan fingerprint density at radius 2 is 1.47 bits per heavy atom. The highest BCUT2D eigenvalue weighted by Gasteiger charge is 2.17. The van der Waals surface area contributed by atoms with Crippen molar-refractivity contribution in [1.29, 1.82) is 0 Å². The molecule has 0 aromatic heterocycles. The fourth-order valence-corrected chi connectivity index (χ4v) is 1.13. The number of carbonyl (C=O) groups is 2. The first-order valence-corrected chi connectivity index (χ1v) is 4.32. The molecule has 1 saturated heterocycles. The molecule has 0 radical (unpaired) electrons. The minimum Gasteiger partial charge on any atom is -0.466 e. The molecule has 1 aliphatic rings. The highest BCUT2D eigenvalue weighted by molar-refractivity contribution is 5.87. The van der Waals surface area contributed by atoms with E-state index < -0.39 is 11.9 Å². The zero-order valence-electron chi connectivity index (χ0n) is 8.61. The van der Waals surface area contributed by atoms with Crippen LogP contribution >= 0.6 is 0 Å². The normalized spacial score (nSPS) is 20.7. The van der Waals surface area contributed by atoms with Crippen molar-refractivity contribution in [2.45, 2.75) is 0 Å². The second-order valence-corrected chi connectivity index (χ2v) is 2.88. The summed E-state index contributed by atoms with van der Waals surface area (Å²) in [6.07, 6.45) is 2.61. The maximum atomic E-state index is 11.0. The summed E-state index contributed by atoms with van der Waals surface area (Å²) in [4.78, 5) is 21.9. The molecular formula is C10H12O5. The molecule has 0 atom stereocenters. The number of rotatable bonds is 2. The third-order valence-electron chi connectivity index (χ3n) is 1.91. The molecule has 0 bridgehead atoms. The van der Waals surface area contributed by atoms with E-state index in [1.807, 2.05) is 0 Å². The molecule has 0 aromatic carbocycles. The summed E-state index contributed by atoms with van der Waals surface area (Å²) in [6, 6.07) is 0. The monoisotopic (exact) mass is 212 g/mol. The number of esters is 2. The third-order valence-corrected chi connectivity index (χ3v) is 1.91. The molecular weight excluding hydrogens is 200 g/mol. The van der Waals surface area contributed by atoms with Crippen LogP contribution in [-0.2, 0) is 23.8 Å². The molecule has 0 aliphatic carbocycles. The number of hydrogen-bond donors (Lipinski definition) is 0. The Balaban J connectivity index is 2.81. The lowest BCUT2D eigenvalue weighted by atomic mass is 10.1. The molecule has 0 spiro atoms. The largest absolute Gasteiger partial charge is 0.466 e. The second kappa shape index (κ2) is 5.31. The van der Waals surface area contributed by atoms with Crippen LogP contribution in [0.1, 0.15) is 0 Å². The lowest BCUT2D eigenvalue weighted by Crippen LogP contribution is -2.01. The second-order valence-electron chi connectivity index (χ2n) is 2.88. The van der Waals surface area contributed by atoms with Gasteiger partial charge in [-0.05, 0) is 11.1 Å². The molecule has 1 heterocycles. The van der Waals surface area contributed by atoms with E-state index in [9.17, 15) is 9.59 Å². The van der Waals surface area contributed by atoms with Crippen molar-refractivity contribution in [2.75, 3.05) is 27.4 Å². The Kier molecular flexibility index (Phi) is 4.05. The van der Waals surface area contributed by atoms with Crippen molar-refractivity contribution in [3.63, 3.8) is 0 Å². The van der Waals surface area contributed by atoms with Crippen molar-refractivity contribution in [3.05, 3.63) is 23.3 Å². The molecule has 1 fully saturated rings. The topological polar surface area (TPSA) is 61.8 Å². The van der Waals surface area contributed by atoms with E-state index in [-0.39, 0.29) is 0 Å². The van der Waals surface area contributed by atoms with Gasteiger partial charge >= 0.3 is 11.9 Å². The van der Waals surface area contributed by atoms with E-state index in [0.29, 0.717) is 24.4 Å². The first-order valence-electron chi connectivity index (χ1n) is 4.32. The SMILES string of the molecule is COC(=O)C=C1COCC1=CC(=O)OC. The van der Waals surface area contributed by atoms with Crippen LogP contribution in [0.25, 0.3) is 0 Å². The molecule has 5 nitrogen and oxygen atoms in total. The minimum absolute atomic E-state index is 0.303. The molecule has 5 heteroatoms. The van der Waals surface area contributed by atoms with E-state index in [0.717, 1.165) is 0 Å². The summed E-state index contributed by atoms with van der Waals surface area (Å²) < 4.78 is 14.1. The maximum absolute atomic E-state index is 11.0. The number of ether oxygens (including phenoxy) is 3. The Morgan fingerprint density at radius 1 is 1.07 bits per heavy atom. The average Bonchev–Trinajstić information content (AvgIpc) is 2.65. The average molecular weight is 212 g/mol. The van der Waals surface area contributed by atoms with Gasteiger partial charge < -0.3 is 14.2 Å². The summed E-state index contributed by atoms with van der Waals surface area (Å²) in [5.74, 6) is -0.933. The summed E-state index contributed by atoms with van der Waals surface area (Å²) in [7, 11) is 2.58. The molecule has 0 amide bonds. The fourth-order valence-electron chi connectivity index (χ4n) is 1.13. The van der Waals surface area contributed by atoms with Crippen molar-refractivity contribution >= 4 is 11.9 Å². The Labute approximate surface area is 87.3 Å². The van der Waals surface area contributed by atoms with Crippen LogP contribution in [0.2, 0.25) is 0 Å². The van der Waals surface area contributed by atoms with E-state index in [1.165, 1.54) is 26.4 Å². The highest BCUT2D eigenvalue weighted by Crippen LogP contribution is 2.18. The van der Waals surface area contributed by atoms with Crippen LogP contribution in [0.5, 0.6) is 0 Å². The molecule has 15 heavy (non-hydrogen) atoms. The quantitative estimate of drug-likeness (QED) is 0.484. The molecule has 0 N–H and O–H groups in total. The van der Waals surface area contributed by atoms with Crippen LogP contribution in [0.4, 0.5) is 0 Å². The van der Waals surface area contributed by atoms with Gasteiger partial charge in [-0.1, -0.05) is 0 Å². The summed E-state index contributed by atoms with van der Waals surface area (Å²) in [6.45, 7) is 0.607. The van der Waals surface area contributed by atoms with Gasteiger partial charge in [-0.2, -0.15) is 0 Å². The van der Waals surface area contributed by atoms with E-state index in [4.69, 9.17) is 4.74 Å². The molecule has 1 aliphatic heterocycles. The van der Waals surface area contributed by atoms with Crippen molar-refractivity contribution in [1.82, 2.24) is 0 Å². The van der Waals surface area contributed by atoms with Gasteiger partial charge in [0.1, 0.15) is 0 Å². The lowest BCUT2D eigenvalue weighted by molar-refractivity contribution is -0.135. The molecule has 0 saturated carbocycles. The molecule has 0 unspecified atom stereocenters. The van der Waals surface area contributed by atoms with E-state index in [2.05, 4.69) is 9.47 Å². The first-order chi connectivity index (χ1) is 7.17. The summed E-state index contributed by atoms with van der Waals surface area (Å²) in [5, 5.41) is 0. The Morgan fingerprint density at radius 3 is 1.80 bits per heavy atom. The van der Waals surface area contributed by atoms with Crippen LogP contribution in [0.15, 0.2) is 23.3 Å². The predicted octanol–water partition coefficient (Wildman–Crippen LogP) is 0.215. The Bertz CT molecular complexity index is 295. The standard InChI is InChI=1S/C10H12O5/c1-13-9(11)3-7-5-15-6-8(7)4-10(12)14-2/h3-4H,5-6H2,1-2H3. The van der Waals surface area contributed by atoms with Gasteiger partial charge in [0, 0.05) is 12.2 Å². The van der Waals surface area contributed by atoms with E-state index >= 15 is 0 Å². The van der Waals surface area contributed by atoms with Crippen LogP contribution in [-0.4, -0.2) is 39.4 Å². The lowest BCUT2D eigenvalue weighted by Gasteiger charge is -1.97. The minimum atomic E-state index is -0.466. The van der Waals surface area contributed by atoms with Crippen LogP contribution in [0, 0.1) is 0 Å². The van der Waals surface area contributed by atoms with Gasteiger partial charge in [0.05, 0.1) is 27.4 Å². The smallest absolute Gasteiger partial charge is 0.330 e. The molecule has 82 valence electrons. The number of carbonyl (C=O) groups excluding carboxylic acids is 2. The number of methoxy groups -OCH3 is 2. The summed E-state index contributed by atoms with van der Waals surface area (Å²) in [5.41, 5.74) is 1.29. The van der Waals surface area contributed by atoms with E-state index in [1.54, 1.807) is 0 Å². The third kappa shape index (κ3) is 3.21. The van der Waals surface area contributed by atoms with Crippen molar-refractivity contribution < 1.29 is 23.8 Å². The zero-order valence-corrected chi connectivity index (χ0v) is 8.61. The van der Waals surface area contributed by atoms with Gasteiger partial charge in [0.2, 0.25) is 0 Å². The fraction of sp³-hybridized carbons (Fsp3) is 0.400. The van der Waals surface area contributed by atoms with Crippen molar-refractivity contribution in [2.24, 2.45) is 0 Å².